The number of ether oxygens (including phenoxy) is 1. The van der Waals surface area contributed by atoms with Gasteiger partial charge in [0.15, 0.2) is 0 Å². The third kappa shape index (κ3) is 6.69. The zero-order valence-corrected chi connectivity index (χ0v) is 19.5. The van der Waals surface area contributed by atoms with E-state index in [1.807, 2.05) is 50.2 Å². The summed E-state index contributed by atoms with van der Waals surface area (Å²) in [6.07, 6.45) is 1.04. The molecule has 168 valence electrons. The number of hydrogen-bond donors (Lipinski definition) is 1. The van der Waals surface area contributed by atoms with E-state index in [4.69, 9.17) is 16.3 Å². The van der Waals surface area contributed by atoms with Gasteiger partial charge in [-0.3, -0.25) is 4.79 Å². The third-order valence-corrected chi connectivity index (χ3v) is 7.72. The summed E-state index contributed by atoms with van der Waals surface area (Å²) in [4.78, 5) is 12.4. The second-order valence-corrected chi connectivity index (χ2v) is 10.3. The Morgan fingerprint density at radius 1 is 1.16 bits per heavy atom. The average Bonchev–Trinajstić information content (AvgIpc) is 2.73. The molecule has 1 fully saturated rings. The molecule has 0 saturated carbocycles. The number of hydrogen-bond acceptors (Lipinski definition) is 4. The maximum Gasteiger partial charge on any atom is 0.223 e. The molecule has 3 rings (SSSR count). The molecule has 1 aliphatic rings. The molecule has 0 aromatic heterocycles. The molecule has 0 aliphatic carbocycles. The quantitative estimate of drug-likeness (QED) is 0.604. The summed E-state index contributed by atoms with van der Waals surface area (Å²) in [5.74, 6) is 0.420. The molecule has 2 aromatic carbocycles. The lowest BCUT2D eigenvalue weighted by Crippen LogP contribution is -2.43. The Balaban J connectivity index is 1.41. The smallest absolute Gasteiger partial charge is 0.223 e. The van der Waals surface area contributed by atoms with Gasteiger partial charge >= 0.3 is 0 Å². The maximum absolute atomic E-state index is 12.7. The van der Waals surface area contributed by atoms with Gasteiger partial charge in [0, 0.05) is 24.0 Å². The Morgan fingerprint density at radius 2 is 1.90 bits per heavy atom. The lowest BCUT2D eigenvalue weighted by Gasteiger charge is -2.30. The molecule has 31 heavy (non-hydrogen) atoms. The molecule has 1 N–H and O–H groups in total. The number of carbonyl (C=O) groups excluding carboxylic acids is 1. The highest BCUT2D eigenvalue weighted by molar-refractivity contribution is 7.88. The first-order chi connectivity index (χ1) is 14.7. The largest absolute Gasteiger partial charge is 0.492 e. The van der Waals surface area contributed by atoms with Crippen molar-refractivity contribution in [2.24, 2.45) is 5.92 Å². The molecule has 1 amide bonds. The summed E-state index contributed by atoms with van der Waals surface area (Å²) in [6.45, 7) is 5.33. The molecule has 1 saturated heterocycles. The van der Waals surface area contributed by atoms with E-state index in [1.54, 1.807) is 6.07 Å². The van der Waals surface area contributed by atoms with Crippen LogP contribution in [0.4, 0.5) is 0 Å². The molecular weight excluding hydrogens is 436 g/mol. The van der Waals surface area contributed by atoms with Crippen LogP contribution >= 0.6 is 11.6 Å². The molecule has 0 unspecified atom stereocenters. The van der Waals surface area contributed by atoms with Crippen molar-refractivity contribution >= 4 is 27.5 Å². The summed E-state index contributed by atoms with van der Waals surface area (Å²) in [5.41, 5.74) is 2.81. The van der Waals surface area contributed by atoms with Crippen molar-refractivity contribution in [1.82, 2.24) is 9.62 Å². The molecule has 0 spiro atoms. The van der Waals surface area contributed by atoms with Gasteiger partial charge in [-0.05, 0) is 49.9 Å². The molecule has 6 nitrogen and oxygen atoms in total. The van der Waals surface area contributed by atoms with E-state index in [1.165, 1.54) is 4.31 Å². The Morgan fingerprint density at radius 3 is 2.58 bits per heavy atom. The summed E-state index contributed by atoms with van der Waals surface area (Å²) >= 11 is 6.08. The van der Waals surface area contributed by atoms with Crippen molar-refractivity contribution in [1.29, 1.82) is 0 Å². The number of piperidine rings is 1. The lowest BCUT2D eigenvalue weighted by molar-refractivity contribution is -0.126. The second-order valence-electron chi connectivity index (χ2n) is 7.97. The number of amides is 1. The molecule has 1 heterocycles. The fourth-order valence-electron chi connectivity index (χ4n) is 3.65. The highest BCUT2D eigenvalue weighted by Gasteiger charge is 2.31. The number of benzene rings is 2. The average molecular weight is 465 g/mol. The van der Waals surface area contributed by atoms with Crippen molar-refractivity contribution in [3.05, 3.63) is 64.2 Å². The van der Waals surface area contributed by atoms with Gasteiger partial charge in [-0.25, -0.2) is 12.7 Å². The minimum atomic E-state index is -3.39. The van der Waals surface area contributed by atoms with Crippen LogP contribution in [0, 0.1) is 19.8 Å². The fraction of sp³-hybridized carbons (Fsp3) is 0.435. The summed E-state index contributed by atoms with van der Waals surface area (Å²) < 4.78 is 32.6. The van der Waals surface area contributed by atoms with Gasteiger partial charge in [-0.1, -0.05) is 47.5 Å². The van der Waals surface area contributed by atoms with E-state index in [9.17, 15) is 13.2 Å². The Kier molecular flexibility index (Phi) is 7.97. The van der Waals surface area contributed by atoms with Gasteiger partial charge in [0.05, 0.1) is 12.3 Å². The first kappa shape index (κ1) is 23.6. The van der Waals surface area contributed by atoms with Crippen LogP contribution < -0.4 is 10.1 Å². The summed E-state index contributed by atoms with van der Waals surface area (Å²) in [6, 6.07) is 13.0. The van der Waals surface area contributed by atoms with Crippen molar-refractivity contribution < 1.29 is 17.9 Å². The number of carbonyl (C=O) groups is 1. The first-order valence-corrected chi connectivity index (χ1v) is 12.4. The summed E-state index contributed by atoms with van der Waals surface area (Å²) in [5, 5.41) is 3.53. The monoisotopic (exact) mass is 464 g/mol. The number of sulfonamides is 1. The normalized spacial score (nSPS) is 15.6. The van der Waals surface area contributed by atoms with Crippen LogP contribution in [0.15, 0.2) is 42.5 Å². The molecule has 8 heteroatoms. The molecule has 1 aliphatic heterocycles. The van der Waals surface area contributed by atoms with E-state index in [-0.39, 0.29) is 17.6 Å². The van der Waals surface area contributed by atoms with Crippen molar-refractivity contribution in [2.45, 2.75) is 32.4 Å². The second kappa shape index (κ2) is 10.5. The fourth-order valence-corrected chi connectivity index (χ4v) is 5.37. The van der Waals surface area contributed by atoms with E-state index in [0.717, 1.165) is 16.7 Å². The van der Waals surface area contributed by atoms with Crippen molar-refractivity contribution in [3.63, 3.8) is 0 Å². The highest BCUT2D eigenvalue weighted by Crippen LogP contribution is 2.23. The maximum atomic E-state index is 12.7. The third-order valence-electron chi connectivity index (χ3n) is 5.46. The predicted octanol–water partition coefficient (Wildman–Crippen LogP) is 3.69. The van der Waals surface area contributed by atoms with Crippen LogP contribution in [0.3, 0.4) is 0 Å². The molecule has 0 atom stereocenters. The Bertz CT molecular complexity index is 1020. The van der Waals surface area contributed by atoms with Crippen LogP contribution in [0.25, 0.3) is 0 Å². The van der Waals surface area contributed by atoms with Gasteiger partial charge < -0.3 is 10.1 Å². The zero-order valence-electron chi connectivity index (χ0n) is 17.9. The predicted molar refractivity (Wildman–Crippen MR) is 123 cm³/mol. The summed E-state index contributed by atoms with van der Waals surface area (Å²) in [7, 11) is -3.39. The highest BCUT2D eigenvalue weighted by atomic mass is 35.5. The van der Waals surface area contributed by atoms with E-state index in [2.05, 4.69) is 5.32 Å². The first-order valence-electron chi connectivity index (χ1n) is 10.4. The molecule has 0 radical (unpaired) electrons. The molecule has 0 bridgehead atoms. The van der Waals surface area contributed by atoms with Crippen LogP contribution in [0.2, 0.25) is 5.02 Å². The molecular formula is C23H29ClN2O4S. The van der Waals surface area contributed by atoms with Gasteiger partial charge in [-0.15, -0.1) is 0 Å². The minimum absolute atomic E-state index is 0.00803. The van der Waals surface area contributed by atoms with Gasteiger partial charge in [-0.2, -0.15) is 0 Å². The SMILES string of the molecule is Cc1cccc(CS(=O)(=O)N2CCC(C(=O)NCCOc3ccc(C)c(Cl)c3)CC2)c1. The zero-order chi connectivity index (χ0) is 22.4. The van der Waals surface area contributed by atoms with Gasteiger partial charge in [0.25, 0.3) is 0 Å². The number of nitrogens with zero attached hydrogens (tertiary/aromatic N) is 1. The number of rotatable bonds is 8. The van der Waals surface area contributed by atoms with Crippen molar-refractivity contribution in [3.8, 4) is 5.75 Å². The van der Waals surface area contributed by atoms with E-state index >= 15 is 0 Å². The number of nitrogens with one attached hydrogen (secondary N) is 1. The Hall–Kier alpha value is -2.09. The number of aryl methyl sites for hydroxylation is 2. The molecule has 2 aromatic rings. The Labute approximate surface area is 189 Å². The number of halogens is 1. The minimum Gasteiger partial charge on any atom is -0.492 e. The van der Waals surface area contributed by atoms with E-state index in [0.29, 0.717) is 49.9 Å². The van der Waals surface area contributed by atoms with Gasteiger partial charge in [0.1, 0.15) is 12.4 Å². The standard InChI is InChI=1S/C23H29ClN2O4S/c1-17-4-3-5-19(14-17)16-31(28,29)26-11-8-20(9-12-26)23(27)25-10-13-30-21-7-6-18(2)22(24)15-21/h3-7,14-15,20H,8-13,16H2,1-2H3,(H,25,27). The van der Waals surface area contributed by atoms with Crippen molar-refractivity contribution in [2.75, 3.05) is 26.2 Å². The van der Waals surface area contributed by atoms with E-state index < -0.39 is 10.0 Å². The topological polar surface area (TPSA) is 75.7 Å². The lowest BCUT2D eigenvalue weighted by atomic mass is 9.97. The van der Waals surface area contributed by atoms with Crippen LogP contribution in [-0.4, -0.2) is 44.9 Å². The van der Waals surface area contributed by atoms with Gasteiger partial charge in [0.2, 0.25) is 15.9 Å². The van der Waals surface area contributed by atoms with Crippen LogP contribution in [-0.2, 0) is 20.6 Å². The van der Waals surface area contributed by atoms with Crippen LogP contribution in [0.5, 0.6) is 5.75 Å². The van der Waals surface area contributed by atoms with Crippen LogP contribution in [0.1, 0.15) is 29.5 Å².